The number of rotatable bonds is 4. The van der Waals surface area contributed by atoms with Gasteiger partial charge >= 0.3 is 0 Å². The minimum absolute atomic E-state index is 0.127. The maximum Gasteiger partial charge on any atom is 0.104 e. The van der Waals surface area contributed by atoms with Crippen LogP contribution in [0.5, 0.6) is 0 Å². The summed E-state index contributed by atoms with van der Waals surface area (Å²) in [6, 6.07) is 10.7. The molecule has 0 aliphatic carbocycles. The zero-order valence-electron chi connectivity index (χ0n) is 13.5. The van der Waals surface area contributed by atoms with Crippen LogP contribution in [0.2, 0.25) is 0 Å². The van der Waals surface area contributed by atoms with Gasteiger partial charge in [-0.2, -0.15) is 0 Å². The van der Waals surface area contributed by atoms with Crippen molar-refractivity contribution in [2.75, 3.05) is 0 Å². The molecule has 1 aromatic carbocycles. The lowest BCUT2D eigenvalue weighted by molar-refractivity contribution is 0.424. The first-order valence-electron chi connectivity index (χ1n) is 7.29. The van der Waals surface area contributed by atoms with Crippen LogP contribution in [0.25, 0.3) is 0 Å². The predicted molar refractivity (Wildman–Crippen MR) is 90.9 cm³/mol. The van der Waals surface area contributed by atoms with E-state index in [1.165, 1.54) is 21.6 Å². The topological polar surface area (TPSA) is 24.9 Å². The molecule has 1 heterocycles. The quantitative estimate of drug-likeness (QED) is 0.883. The predicted octanol–water partition coefficient (Wildman–Crippen LogP) is 4.74. The number of benzene rings is 1. The van der Waals surface area contributed by atoms with Crippen molar-refractivity contribution in [3.05, 3.63) is 53.2 Å². The molecular formula is C18H24N2S. The summed E-state index contributed by atoms with van der Waals surface area (Å²) >= 11 is 1.74. The van der Waals surface area contributed by atoms with E-state index in [-0.39, 0.29) is 5.54 Å². The molecular weight excluding hydrogens is 276 g/mol. The second-order valence-corrected chi connectivity index (χ2v) is 7.47. The molecule has 21 heavy (non-hydrogen) atoms. The van der Waals surface area contributed by atoms with Gasteiger partial charge in [-0.3, -0.25) is 0 Å². The van der Waals surface area contributed by atoms with Crippen LogP contribution in [0.1, 0.15) is 37.5 Å². The van der Waals surface area contributed by atoms with Crippen LogP contribution >= 0.6 is 11.8 Å². The molecule has 0 saturated carbocycles. The maximum absolute atomic E-state index is 4.64. The van der Waals surface area contributed by atoms with Crippen LogP contribution in [-0.4, -0.2) is 10.5 Å². The van der Waals surface area contributed by atoms with Gasteiger partial charge < -0.3 is 5.32 Å². The summed E-state index contributed by atoms with van der Waals surface area (Å²) < 4.78 is 0. The molecule has 0 bridgehead atoms. The Kier molecular flexibility index (Phi) is 5.07. The highest BCUT2D eigenvalue weighted by molar-refractivity contribution is 7.99. The van der Waals surface area contributed by atoms with Gasteiger partial charge in [0.05, 0.1) is 0 Å². The summed E-state index contributed by atoms with van der Waals surface area (Å²) in [6.45, 7) is 11.7. The lowest BCUT2D eigenvalue weighted by Crippen LogP contribution is -2.35. The fourth-order valence-corrected chi connectivity index (χ4v) is 2.88. The zero-order valence-corrected chi connectivity index (χ0v) is 14.3. The minimum atomic E-state index is 0.127. The van der Waals surface area contributed by atoms with E-state index < -0.39 is 0 Å². The highest BCUT2D eigenvalue weighted by Gasteiger charge is 2.10. The fourth-order valence-electron chi connectivity index (χ4n) is 1.97. The molecule has 0 spiro atoms. The average molecular weight is 300 g/mol. The summed E-state index contributed by atoms with van der Waals surface area (Å²) in [4.78, 5) is 5.91. The molecule has 3 heteroatoms. The second-order valence-electron chi connectivity index (χ2n) is 6.44. The van der Waals surface area contributed by atoms with Crippen LogP contribution in [0, 0.1) is 13.8 Å². The van der Waals surface area contributed by atoms with E-state index in [9.17, 15) is 0 Å². The van der Waals surface area contributed by atoms with E-state index in [0.717, 1.165) is 11.6 Å². The third-order valence-corrected chi connectivity index (χ3v) is 4.51. The molecule has 0 aliphatic heterocycles. The van der Waals surface area contributed by atoms with Crippen LogP contribution in [-0.2, 0) is 6.54 Å². The standard InChI is InChI=1S/C18H24N2S/c1-13-8-6-7-9-16(13)21-17-14(2)10-15(11-19-17)12-20-18(3,4)5/h6-11,20H,12H2,1-5H3. The number of aromatic nitrogens is 1. The van der Waals surface area contributed by atoms with Gasteiger partial charge in [0, 0.05) is 23.2 Å². The van der Waals surface area contributed by atoms with E-state index in [0.29, 0.717) is 0 Å². The van der Waals surface area contributed by atoms with E-state index in [2.05, 4.69) is 75.3 Å². The summed E-state index contributed by atoms with van der Waals surface area (Å²) in [5.74, 6) is 0. The maximum atomic E-state index is 4.64. The van der Waals surface area contributed by atoms with Crippen LogP contribution in [0.3, 0.4) is 0 Å². The van der Waals surface area contributed by atoms with Crippen molar-refractivity contribution in [1.82, 2.24) is 10.3 Å². The first-order valence-corrected chi connectivity index (χ1v) is 8.11. The summed E-state index contributed by atoms with van der Waals surface area (Å²) in [6.07, 6.45) is 1.98. The van der Waals surface area contributed by atoms with Crippen molar-refractivity contribution >= 4 is 11.8 Å². The Hall–Kier alpha value is -1.32. The molecule has 0 fully saturated rings. The highest BCUT2D eigenvalue weighted by atomic mass is 32.2. The van der Waals surface area contributed by atoms with Crippen molar-refractivity contribution < 1.29 is 0 Å². The number of pyridine rings is 1. The Bertz CT molecular complexity index is 615. The highest BCUT2D eigenvalue weighted by Crippen LogP contribution is 2.30. The van der Waals surface area contributed by atoms with Gasteiger partial charge in [0.1, 0.15) is 5.03 Å². The first kappa shape index (κ1) is 16.1. The molecule has 0 aliphatic rings. The second kappa shape index (κ2) is 6.63. The molecule has 2 aromatic rings. The summed E-state index contributed by atoms with van der Waals surface area (Å²) in [5.41, 5.74) is 3.89. The Labute approximate surface area is 132 Å². The third-order valence-electron chi connectivity index (χ3n) is 3.21. The lowest BCUT2D eigenvalue weighted by Gasteiger charge is -2.20. The van der Waals surface area contributed by atoms with Gasteiger partial charge in [0.25, 0.3) is 0 Å². The van der Waals surface area contributed by atoms with Gasteiger partial charge in [0.2, 0.25) is 0 Å². The monoisotopic (exact) mass is 300 g/mol. The van der Waals surface area contributed by atoms with E-state index in [1.54, 1.807) is 11.8 Å². The number of hydrogen-bond donors (Lipinski definition) is 1. The molecule has 0 unspecified atom stereocenters. The summed E-state index contributed by atoms with van der Waals surface area (Å²) in [5, 5.41) is 4.58. The number of aryl methyl sites for hydroxylation is 2. The number of nitrogens with zero attached hydrogens (tertiary/aromatic N) is 1. The van der Waals surface area contributed by atoms with Crippen molar-refractivity contribution in [1.29, 1.82) is 0 Å². The van der Waals surface area contributed by atoms with Crippen LogP contribution in [0.15, 0.2) is 46.5 Å². The third kappa shape index (κ3) is 4.87. The van der Waals surface area contributed by atoms with Crippen molar-refractivity contribution in [2.24, 2.45) is 0 Å². The normalized spacial score (nSPS) is 11.7. The van der Waals surface area contributed by atoms with Gasteiger partial charge in [0.15, 0.2) is 0 Å². The van der Waals surface area contributed by atoms with E-state index >= 15 is 0 Å². The van der Waals surface area contributed by atoms with Crippen molar-refractivity contribution in [2.45, 2.75) is 56.6 Å². The first-order chi connectivity index (χ1) is 9.85. The Morgan fingerprint density at radius 2 is 1.81 bits per heavy atom. The molecule has 0 atom stereocenters. The SMILES string of the molecule is Cc1ccccc1Sc1ncc(CNC(C)(C)C)cc1C. The molecule has 2 rings (SSSR count). The fraction of sp³-hybridized carbons (Fsp3) is 0.389. The van der Waals surface area contributed by atoms with Gasteiger partial charge in [-0.15, -0.1) is 0 Å². The Morgan fingerprint density at radius 3 is 2.43 bits per heavy atom. The molecule has 0 amide bonds. The smallest absolute Gasteiger partial charge is 0.104 e. The zero-order chi connectivity index (χ0) is 15.5. The van der Waals surface area contributed by atoms with E-state index in [4.69, 9.17) is 0 Å². The lowest BCUT2D eigenvalue weighted by atomic mass is 10.1. The number of hydrogen-bond acceptors (Lipinski definition) is 3. The largest absolute Gasteiger partial charge is 0.308 e. The van der Waals surface area contributed by atoms with Gasteiger partial charge in [-0.1, -0.05) is 36.0 Å². The molecule has 0 saturated heterocycles. The minimum Gasteiger partial charge on any atom is -0.308 e. The van der Waals surface area contributed by atoms with Gasteiger partial charge in [-0.05, 0) is 57.4 Å². The Balaban J connectivity index is 2.11. The van der Waals surface area contributed by atoms with Crippen LogP contribution in [0.4, 0.5) is 0 Å². The molecule has 0 radical (unpaired) electrons. The van der Waals surface area contributed by atoms with E-state index in [1.807, 2.05) is 6.20 Å². The van der Waals surface area contributed by atoms with Crippen LogP contribution < -0.4 is 5.32 Å². The number of nitrogens with one attached hydrogen (secondary N) is 1. The van der Waals surface area contributed by atoms with Crippen molar-refractivity contribution in [3.8, 4) is 0 Å². The Morgan fingerprint density at radius 1 is 1.10 bits per heavy atom. The average Bonchev–Trinajstić information content (AvgIpc) is 2.41. The molecule has 112 valence electrons. The molecule has 1 N–H and O–H groups in total. The molecule has 2 nitrogen and oxygen atoms in total. The molecule has 1 aromatic heterocycles. The van der Waals surface area contributed by atoms with Crippen molar-refractivity contribution in [3.63, 3.8) is 0 Å². The summed E-state index contributed by atoms with van der Waals surface area (Å²) in [7, 11) is 0. The van der Waals surface area contributed by atoms with Gasteiger partial charge in [-0.25, -0.2) is 4.98 Å².